The number of rotatable bonds is 10. The lowest BCUT2D eigenvalue weighted by Crippen LogP contribution is -2.05. The Morgan fingerprint density at radius 1 is 0.860 bits per heavy atom. The minimum atomic E-state index is -1.30. The average molecular weight is 738 g/mol. The zero-order chi connectivity index (χ0) is 35.0. The Kier molecular flexibility index (Phi) is 11.1. The standard InChI is InChI=1S/C21H20BrNO4.C18H13NO4/c1-24-13-27-20-18(22)11-17(21-25-7-8-26-21)16-10-15(12-23-19(16)20)9-14-5-3-2-4-6-14;20-10-13-8-15(18(22)23)17(21)16-14(13)7-12(9-19-16)6-11-4-2-1-3-5-11/h2-6,10-12,21H,7-9,13H2,1H3;1-5,7-10,21H,6H2,(H,22,23). The first-order valence-electron chi connectivity index (χ1n) is 15.7. The van der Waals surface area contributed by atoms with Crippen molar-refractivity contribution in [3.63, 3.8) is 0 Å². The van der Waals surface area contributed by atoms with Crippen LogP contribution in [-0.2, 0) is 27.1 Å². The number of carbonyl (C=O) groups excluding carboxylic acids is 1. The minimum absolute atomic E-state index is 0.115. The zero-order valence-corrected chi connectivity index (χ0v) is 28.6. The van der Waals surface area contributed by atoms with Gasteiger partial charge in [0.15, 0.2) is 30.9 Å². The molecule has 0 atom stereocenters. The van der Waals surface area contributed by atoms with Crippen molar-refractivity contribution in [3.05, 3.63) is 141 Å². The van der Waals surface area contributed by atoms with E-state index in [-0.39, 0.29) is 23.4 Å². The van der Waals surface area contributed by atoms with Gasteiger partial charge in [0.05, 0.1) is 17.7 Å². The highest BCUT2D eigenvalue weighted by Crippen LogP contribution is 2.40. The quantitative estimate of drug-likeness (QED) is 0.107. The molecule has 2 N–H and O–H groups in total. The van der Waals surface area contributed by atoms with Gasteiger partial charge in [0.25, 0.3) is 0 Å². The molecule has 0 amide bonds. The maximum absolute atomic E-state index is 11.3. The molecule has 1 saturated heterocycles. The molecule has 1 fully saturated rings. The van der Waals surface area contributed by atoms with Crippen LogP contribution >= 0.6 is 15.9 Å². The number of hydrogen-bond donors (Lipinski definition) is 2. The highest BCUT2D eigenvalue weighted by Gasteiger charge is 2.24. The summed E-state index contributed by atoms with van der Waals surface area (Å²) in [7, 11) is 1.59. The summed E-state index contributed by atoms with van der Waals surface area (Å²) in [4.78, 5) is 31.3. The summed E-state index contributed by atoms with van der Waals surface area (Å²) in [5.41, 5.74) is 6.00. The second kappa shape index (κ2) is 16.0. The number of aromatic hydroxyl groups is 1. The van der Waals surface area contributed by atoms with Crippen LogP contribution in [0.3, 0.4) is 0 Å². The number of aldehydes is 1. The number of aromatic nitrogens is 2. The third kappa shape index (κ3) is 7.82. The molecule has 10 nitrogen and oxygen atoms in total. The fraction of sp³-hybridized carbons (Fsp3) is 0.179. The maximum atomic E-state index is 11.3. The Hall–Kier alpha value is -5.20. The molecule has 0 radical (unpaired) electrons. The molecule has 4 aromatic carbocycles. The predicted octanol–water partition coefficient (Wildman–Crippen LogP) is 7.66. The number of aromatic carboxylic acids is 1. The zero-order valence-electron chi connectivity index (χ0n) is 27.0. The second-order valence-electron chi connectivity index (χ2n) is 11.5. The number of carbonyl (C=O) groups is 2. The molecule has 1 aliphatic heterocycles. The molecule has 0 spiro atoms. The first-order chi connectivity index (χ1) is 24.4. The van der Waals surface area contributed by atoms with Crippen LogP contribution in [0, 0.1) is 0 Å². The monoisotopic (exact) mass is 736 g/mol. The molecule has 1 aliphatic rings. The number of phenols is 1. The van der Waals surface area contributed by atoms with Gasteiger partial charge in [0, 0.05) is 41.4 Å². The van der Waals surface area contributed by atoms with E-state index >= 15 is 0 Å². The highest BCUT2D eigenvalue weighted by molar-refractivity contribution is 9.10. The number of benzene rings is 4. The average Bonchev–Trinajstić information content (AvgIpc) is 3.67. The van der Waals surface area contributed by atoms with Gasteiger partial charge in [-0.1, -0.05) is 60.7 Å². The molecular weight excluding hydrogens is 704 g/mol. The number of ether oxygens (including phenoxy) is 4. The van der Waals surface area contributed by atoms with E-state index in [1.807, 2.05) is 60.8 Å². The normalized spacial score (nSPS) is 12.8. The van der Waals surface area contributed by atoms with Crippen LogP contribution in [0.4, 0.5) is 0 Å². The highest BCUT2D eigenvalue weighted by atomic mass is 79.9. The lowest BCUT2D eigenvalue weighted by atomic mass is 10.00. The largest absolute Gasteiger partial charge is 0.505 e. The number of nitrogens with zero attached hydrogens (tertiary/aromatic N) is 2. The first-order valence-corrected chi connectivity index (χ1v) is 16.5. The molecule has 6 aromatic rings. The molecule has 254 valence electrons. The van der Waals surface area contributed by atoms with E-state index in [9.17, 15) is 14.7 Å². The van der Waals surface area contributed by atoms with Crippen molar-refractivity contribution in [2.24, 2.45) is 0 Å². The van der Waals surface area contributed by atoms with Crippen LogP contribution in [-0.4, -0.2) is 59.6 Å². The van der Waals surface area contributed by atoms with Gasteiger partial charge in [-0.25, -0.2) is 4.79 Å². The van der Waals surface area contributed by atoms with Gasteiger partial charge in [-0.15, -0.1) is 0 Å². The molecule has 7 rings (SSSR count). The smallest absolute Gasteiger partial charge is 0.339 e. The fourth-order valence-electron chi connectivity index (χ4n) is 5.75. The van der Waals surface area contributed by atoms with Crippen molar-refractivity contribution in [1.82, 2.24) is 9.97 Å². The number of hydrogen-bond acceptors (Lipinski definition) is 9. The Morgan fingerprint density at radius 3 is 2.00 bits per heavy atom. The van der Waals surface area contributed by atoms with Crippen molar-refractivity contribution in [2.75, 3.05) is 27.1 Å². The van der Waals surface area contributed by atoms with Crippen molar-refractivity contribution < 1.29 is 38.7 Å². The molecular formula is C39H33BrN2O8. The molecule has 11 heteroatoms. The van der Waals surface area contributed by atoms with E-state index in [1.165, 1.54) is 11.6 Å². The summed E-state index contributed by atoms with van der Waals surface area (Å²) >= 11 is 3.59. The van der Waals surface area contributed by atoms with Gasteiger partial charge in [0.2, 0.25) is 0 Å². The van der Waals surface area contributed by atoms with E-state index in [2.05, 4.69) is 39.1 Å². The summed E-state index contributed by atoms with van der Waals surface area (Å²) in [6.45, 7) is 1.32. The van der Waals surface area contributed by atoms with Crippen LogP contribution in [0.15, 0.2) is 102 Å². The van der Waals surface area contributed by atoms with Gasteiger partial charge in [0.1, 0.15) is 16.6 Å². The van der Waals surface area contributed by atoms with E-state index in [0.717, 1.165) is 44.1 Å². The summed E-state index contributed by atoms with van der Waals surface area (Å²) in [5, 5.41) is 20.6. The lowest BCUT2D eigenvalue weighted by Gasteiger charge is -2.17. The van der Waals surface area contributed by atoms with Crippen molar-refractivity contribution in [3.8, 4) is 11.5 Å². The van der Waals surface area contributed by atoms with Crippen LogP contribution in [0.2, 0.25) is 0 Å². The Balaban J connectivity index is 0.000000175. The summed E-state index contributed by atoms with van der Waals surface area (Å²) < 4.78 is 23.1. The third-order valence-corrected chi connectivity index (χ3v) is 8.65. The summed E-state index contributed by atoms with van der Waals surface area (Å²) in [6.07, 6.45) is 5.08. The van der Waals surface area contributed by atoms with Crippen LogP contribution < -0.4 is 4.74 Å². The Morgan fingerprint density at radius 2 is 1.44 bits per heavy atom. The second-order valence-corrected chi connectivity index (χ2v) is 12.3. The van der Waals surface area contributed by atoms with Crippen molar-refractivity contribution in [2.45, 2.75) is 19.1 Å². The van der Waals surface area contributed by atoms with E-state index in [1.54, 1.807) is 19.4 Å². The van der Waals surface area contributed by atoms with E-state index in [0.29, 0.717) is 37.1 Å². The lowest BCUT2D eigenvalue weighted by molar-refractivity contribution is -0.0430. The SMILES string of the molecule is COCOc1c(Br)cc(C2OCCO2)c2cc(Cc3ccccc3)cnc12.O=Cc1cc(C(=O)O)c(O)c2ncc(Cc3ccccc3)cc12. The summed E-state index contributed by atoms with van der Waals surface area (Å²) in [6, 6.07) is 27.1. The number of carboxylic acid groups (broad SMARTS) is 1. The number of fused-ring (bicyclic) bond motifs is 2. The molecule has 0 aliphatic carbocycles. The first kappa shape index (κ1) is 34.7. The molecule has 2 aromatic heterocycles. The Labute approximate surface area is 296 Å². The van der Waals surface area contributed by atoms with Gasteiger partial charge in [-0.2, -0.15) is 0 Å². The number of pyridine rings is 2. The Bertz CT molecular complexity index is 2140. The van der Waals surface area contributed by atoms with Crippen molar-refractivity contribution in [1.29, 1.82) is 0 Å². The van der Waals surface area contributed by atoms with Crippen LogP contribution in [0.25, 0.3) is 21.8 Å². The molecule has 3 heterocycles. The van der Waals surface area contributed by atoms with Gasteiger partial charge >= 0.3 is 5.97 Å². The van der Waals surface area contributed by atoms with Crippen LogP contribution in [0.5, 0.6) is 11.5 Å². The van der Waals surface area contributed by atoms with Gasteiger partial charge in [-0.05, 0) is 75.3 Å². The van der Waals surface area contributed by atoms with E-state index in [4.69, 9.17) is 29.0 Å². The van der Waals surface area contributed by atoms with Gasteiger partial charge in [-0.3, -0.25) is 14.8 Å². The number of halogens is 1. The van der Waals surface area contributed by atoms with Gasteiger partial charge < -0.3 is 29.2 Å². The topological polar surface area (TPSA) is 137 Å². The molecule has 0 unspecified atom stereocenters. The number of methoxy groups -OCH3 is 1. The summed E-state index contributed by atoms with van der Waals surface area (Å²) in [5.74, 6) is -1.08. The van der Waals surface area contributed by atoms with E-state index < -0.39 is 18.0 Å². The third-order valence-electron chi connectivity index (χ3n) is 8.06. The maximum Gasteiger partial charge on any atom is 0.339 e. The predicted molar refractivity (Wildman–Crippen MR) is 191 cm³/mol. The van der Waals surface area contributed by atoms with Crippen molar-refractivity contribution >= 4 is 50.0 Å². The molecule has 0 bridgehead atoms. The fourth-order valence-corrected chi connectivity index (χ4v) is 6.30. The van der Waals surface area contributed by atoms with Crippen LogP contribution in [0.1, 0.15) is 54.8 Å². The number of carboxylic acids is 1. The molecule has 50 heavy (non-hydrogen) atoms. The molecule has 0 saturated carbocycles. The minimum Gasteiger partial charge on any atom is -0.505 e.